The Morgan fingerprint density at radius 1 is 0.867 bits per heavy atom. The van der Waals surface area contributed by atoms with Crippen LogP contribution in [0.2, 0.25) is 0 Å². The minimum absolute atomic E-state index is 0.0340. The van der Waals surface area contributed by atoms with Crippen molar-refractivity contribution < 1.29 is 32.2 Å². The molecule has 0 aliphatic carbocycles. The number of esters is 1. The Morgan fingerprint density at radius 3 is 1.87 bits per heavy atom. The Kier molecular flexibility index (Phi) is 7.79. The van der Waals surface area contributed by atoms with Crippen LogP contribution in [0, 0.1) is 0 Å². The standard InChI is InChI=1S/C20H24N2O7S/c1-13(22-30(25,26)18-11-9-17(28-4)10-12-18)20(24)29-14(2)19(23)21-15-5-7-16(27-3)8-6-15/h5-14,22H,1-4H3,(H,21,23)/t13-,14?/m0/s1. The van der Waals surface area contributed by atoms with E-state index >= 15 is 0 Å². The predicted octanol–water partition coefficient (Wildman–Crippen LogP) is 1.94. The second-order valence-corrected chi connectivity index (χ2v) is 8.03. The van der Waals surface area contributed by atoms with Crippen LogP contribution in [0.4, 0.5) is 5.69 Å². The highest BCUT2D eigenvalue weighted by Crippen LogP contribution is 2.17. The smallest absolute Gasteiger partial charge is 0.324 e. The molecule has 0 aliphatic rings. The third-order valence-corrected chi connectivity index (χ3v) is 5.63. The Balaban J connectivity index is 1.93. The van der Waals surface area contributed by atoms with Crippen molar-refractivity contribution in [1.82, 2.24) is 4.72 Å². The van der Waals surface area contributed by atoms with E-state index in [1.165, 1.54) is 52.3 Å². The van der Waals surface area contributed by atoms with E-state index in [9.17, 15) is 18.0 Å². The summed E-state index contributed by atoms with van der Waals surface area (Å²) >= 11 is 0. The van der Waals surface area contributed by atoms with E-state index in [0.717, 1.165) is 0 Å². The van der Waals surface area contributed by atoms with Crippen LogP contribution in [0.1, 0.15) is 13.8 Å². The molecule has 9 nitrogen and oxygen atoms in total. The van der Waals surface area contributed by atoms with Gasteiger partial charge in [-0.1, -0.05) is 0 Å². The van der Waals surface area contributed by atoms with Crippen LogP contribution in [0.3, 0.4) is 0 Å². The fraction of sp³-hybridized carbons (Fsp3) is 0.300. The lowest BCUT2D eigenvalue weighted by molar-refractivity contribution is -0.154. The van der Waals surface area contributed by atoms with Crippen LogP contribution in [-0.2, 0) is 24.3 Å². The fourth-order valence-electron chi connectivity index (χ4n) is 2.35. The Bertz CT molecular complexity index is 973. The molecule has 0 saturated heterocycles. The van der Waals surface area contributed by atoms with Crippen molar-refractivity contribution in [3.05, 3.63) is 48.5 Å². The van der Waals surface area contributed by atoms with Gasteiger partial charge in [0, 0.05) is 5.69 Å². The quantitative estimate of drug-likeness (QED) is 0.577. The van der Waals surface area contributed by atoms with E-state index in [4.69, 9.17) is 14.2 Å². The van der Waals surface area contributed by atoms with Crippen molar-refractivity contribution in [3.8, 4) is 11.5 Å². The van der Waals surface area contributed by atoms with Crippen molar-refractivity contribution in [1.29, 1.82) is 0 Å². The van der Waals surface area contributed by atoms with E-state index in [1.807, 2.05) is 0 Å². The SMILES string of the molecule is COc1ccc(NC(=O)C(C)OC(=O)[C@H](C)NS(=O)(=O)c2ccc(OC)cc2)cc1. The molecule has 0 bridgehead atoms. The van der Waals surface area contributed by atoms with Gasteiger partial charge in [0.25, 0.3) is 5.91 Å². The summed E-state index contributed by atoms with van der Waals surface area (Å²) in [5.74, 6) is -0.313. The lowest BCUT2D eigenvalue weighted by Crippen LogP contribution is -2.42. The molecular weight excluding hydrogens is 412 g/mol. The molecule has 2 rings (SSSR count). The Labute approximate surface area is 175 Å². The molecule has 1 amide bonds. The second-order valence-electron chi connectivity index (χ2n) is 6.32. The van der Waals surface area contributed by atoms with Crippen molar-refractivity contribution in [2.24, 2.45) is 0 Å². The molecule has 0 saturated carbocycles. The lowest BCUT2D eigenvalue weighted by Gasteiger charge is -2.18. The zero-order valence-electron chi connectivity index (χ0n) is 17.0. The van der Waals surface area contributed by atoms with Crippen LogP contribution in [-0.4, -0.2) is 46.7 Å². The topological polar surface area (TPSA) is 120 Å². The van der Waals surface area contributed by atoms with Crippen LogP contribution >= 0.6 is 0 Å². The number of rotatable bonds is 9. The maximum atomic E-state index is 12.4. The van der Waals surface area contributed by atoms with E-state index in [1.54, 1.807) is 24.3 Å². The largest absolute Gasteiger partial charge is 0.497 e. The molecule has 2 aromatic carbocycles. The molecular formula is C20H24N2O7S. The van der Waals surface area contributed by atoms with Gasteiger partial charge in [-0.3, -0.25) is 9.59 Å². The molecule has 0 spiro atoms. The predicted molar refractivity (Wildman–Crippen MR) is 110 cm³/mol. The molecule has 2 atom stereocenters. The maximum Gasteiger partial charge on any atom is 0.324 e. The summed E-state index contributed by atoms with van der Waals surface area (Å²) in [7, 11) is -0.969. The number of amides is 1. The molecule has 30 heavy (non-hydrogen) atoms. The summed E-state index contributed by atoms with van der Waals surface area (Å²) in [4.78, 5) is 24.4. The van der Waals surface area contributed by atoms with Crippen LogP contribution in [0.25, 0.3) is 0 Å². The van der Waals surface area contributed by atoms with Crippen molar-refractivity contribution in [2.45, 2.75) is 30.9 Å². The van der Waals surface area contributed by atoms with Crippen LogP contribution < -0.4 is 19.5 Å². The number of anilines is 1. The van der Waals surface area contributed by atoms with E-state index in [0.29, 0.717) is 17.2 Å². The van der Waals surface area contributed by atoms with E-state index in [2.05, 4.69) is 10.0 Å². The molecule has 10 heteroatoms. The fourth-order valence-corrected chi connectivity index (χ4v) is 3.54. The molecule has 0 fully saturated rings. The number of benzene rings is 2. The van der Waals surface area contributed by atoms with E-state index in [-0.39, 0.29) is 4.90 Å². The van der Waals surface area contributed by atoms with Crippen LogP contribution in [0.5, 0.6) is 11.5 Å². The van der Waals surface area contributed by atoms with Gasteiger partial charge in [-0.2, -0.15) is 4.72 Å². The van der Waals surface area contributed by atoms with Gasteiger partial charge >= 0.3 is 5.97 Å². The summed E-state index contributed by atoms with van der Waals surface area (Å²) in [5.41, 5.74) is 0.497. The van der Waals surface area contributed by atoms with Gasteiger partial charge < -0.3 is 19.5 Å². The van der Waals surface area contributed by atoms with Crippen molar-refractivity contribution >= 4 is 27.6 Å². The highest BCUT2D eigenvalue weighted by atomic mass is 32.2. The zero-order valence-corrected chi connectivity index (χ0v) is 17.9. The molecule has 1 unspecified atom stereocenters. The molecule has 162 valence electrons. The summed E-state index contributed by atoms with van der Waals surface area (Å²) in [6.45, 7) is 2.72. The summed E-state index contributed by atoms with van der Waals surface area (Å²) in [6.07, 6.45) is -1.13. The molecule has 2 aromatic rings. The highest BCUT2D eigenvalue weighted by molar-refractivity contribution is 7.89. The first-order valence-corrected chi connectivity index (χ1v) is 10.5. The number of nitrogens with one attached hydrogen (secondary N) is 2. The summed E-state index contributed by atoms with van der Waals surface area (Å²) in [5, 5.41) is 2.60. The average molecular weight is 436 g/mol. The van der Waals surface area contributed by atoms with Gasteiger partial charge in [0.15, 0.2) is 6.10 Å². The number of methoxy groups -OCH3 is 2. The van der Waals surface area contributed by atoms with Gasteiger partial charge in [0.1, 0.15) is 17.5 Å². The number of hydrogen-bond donors (Lipinski definition) is 2. The van der Waals surface area contributed by atoms with Gasteiger partial charge in [0.05, 0.1) is 19.1 Å². The molecule has 0 radical (unpaired) electrons. The Hall–Kier alpha value is -3.11. The van der Waals surface area contributed by atoms with Crippen molar-refractivity contribution in [3.63, 3.8) is 0 Å². The minimum atomic E-state index is -3.96. The van der Waals surface area contributed by atoms with Gasteiger partial charge in [-0.15, -0.1) is 0 Å². The average Bonchev–Trinajstić information content (AvgIpc) is 2.73. The Morgan fingerprint density at radius 2 is 1.37 bits per heavy atom. The number of sulfonamides is 1. The number of ether oxygens (including phenoxy) is 3. The number of hydrogen-bond acceptors (Lipinski definition) is 7. The third-order valence-electron chi connectivity index (χ3n) is 4.07. The van der Waals surface area contributed by atoms with Gasteiger partial charge in [0.2, 0.25) is 10.0 Å². The first-order chi connectivity index (χ1) is 14.2. The first-order valence-electron chi connectivity index (χ1n) is 8.98. The zero-order chi connectivity index (χ0) is 22.3. The highest BCUT2D eigenvalue weighted by Gasteiger charge is 2.26. The number of carbonyl (C=O) groups is 2. The molecule has 2 N–H and O–H groups in total. The molecule has 0 aromatic heterocycles. The number of carbonyl (C=O) groups excluding carboxylic acids is 2. The molecule has 0 aliphatic heterocycles. The van der Waals surface area contributed by atoms with Crippen LogP contribution in [0.15, 0.2) is 53.4 Å². The normalized spacial score (nSPS) is 13.1. The monoisotopic (exact) mass is 436 g/mol. The van der Waals surface area contributed by atoms with Crippen molar-refractivity contribution in [2.75, 3.05) is 19.5 Å². The summed E-state index contributed by atoms with van der Waals surface area (Å²) < 4.78 is 42.2. The summed E-state index contributed by atoms with van der Waals surface area (Å²) in [6, 6.07) is 11.1. The third kappa shape index (κ3) is 6.19. The van der Waals surface area contributed by atoms with E-state index < -0.39 is 34.0 Å². The minimum Gasteiger partial charge on any atom is -0.497 e. The first kappa shape index (κ1) is 23.2. The molecule has 0 heterocycles. The maximum absolute atomic E-state index is 12.4. The second kappa shape index (κ2) is 10.1. The van der Waals surface area contributed by atoms with Gasteiger partial charge in [-0.05, 0) is 62.4 Å². The van der Waals surface area contributed by atoms with Gasteiger partial charge in [-0.25, -0.2) is 8.42 Å². The lowest BCUT2D eigenvalue weighted by atomic mass is 10.3.